The predicted octanol–water partition coefficient (Wildman–Crippen LogP) is 3.82. The van der Waals surface area contributed by atoms with E-state index in [-0.39, 0.29) is 17.2 Å². The maximum Gasteiger partial charge on any atom is 0.345 e. The van der Waals surface area contributed by atoms with Crippen molar-refractivity contribution in [2.75, 3.05) is 11.9 Å². The van der Waals surface area contributed by atoms with Gasteiger partial charge in [-0.2, -0.15) is 0 Å². The molecule has 0 aliphatic rings. The van der Waals surface area contributed by atoms with Crippen molar-refractivity contribution >= 4 is 23.3 Å². The van der Waals surface area contributed by atoms with Crippen LogP contribution in [0.25, 0.3) is 0 Å². The Balaban J connectivity index is 2.06. The number of rotatable bonds is 6. The first-order chi connectivity index (χ1) is 12.3. The van der Waals surface area contributed by atoms with Crippen molar-refractivity contribution in [3.05, 3.63) is 69.3 Å². The molecule has 0 aliphatic carbocycles. The fourth-order valence-corrected chi connectivity index (χ4v) is 2.58. The smallest absolute Gasteiger partial charge is 0.345 e. The summed E-state index contributed by atoms with van der Waals surface area (Å²) >= 11 is 0. The standard InChI is InChI=1S/C19H20N2O5/c1-12(2)14-8-4-5-10-16(14)20-17(22)11-26-19(23)15-9-6-7-13(3)18(15)21(24)25/h4-10,12H,11H2,1-3H3,(H,20,22). The second-order valence-electron chi connectivity index (χ2n) is 6.09. The van der Waals surface area contributed by atoms with Crippen LogP contribution in [-0.4, -0.2) is 23.4 Å². The van der Waals surface area contributed by atoms with E-state index in [0.717, 1.165) is 5.56 Å². The number of hydrogen-bond donors (Lipinski definition) is 1. The number of nitro benzene ring substituents is 1. The summed E-state index contributed by atoms with van der Waals surface area (Å²) in [6, 6.07) is 11.7. The number of anilines is 1. The minimum atomic E-state index is -0.910. The van der Waals surface area contributed by atoms with Crippen LogP contribution in [0.1, 0.15) is 41.3 Å². The molecule has 0 saturated carbocycles. The SMILES string of the molecule is Cc1cccc(C(=O)OCC(=O)Nc2ccccc2C(C)C)c1[N+](=O)[O-]. The quantitative estimate of drug-likeness (QED) is 0.482. The first-order valence-corrected chi connectivity index (χ1v) is 8.11. The topological polar surface area (TPSA) is 98.5 Å². The van der Waals surface area contributed by atoms with Crippen LogP contribution in [-0.2, 0) is 9.53 Å². The molecule has 2 aromatic carbocycles. The van der Waals surface area contributed by atoms with Crippen LogP contribution >= 0.6 is 0 Å². The number of para-hydroxylation sites is 2. The van der Waals surface area contributed by atoms with Gasteiger partial charge in [-0.05, 0) is 30.5 Å². The van der Waals surface area contributed by atoms with Gasteiger partial charge in [0.2, 0.25) is 0 Å². The molecule has 1 N–H and O–H groups in total. The molecule has 0 aromatic heterocycles. The summed E-state index contributed by atoms with van der Waals surface area (Å²) in [6.07, 6.45) is 0. The monoisotopic (exact) mass is 356 g/mol. The van der Waals surface area contributed by atoms with E-state index < -0.39 is 23.4 Å². The largest absolute Gasteiger partial charge is 0.452 e. The van der Waals surface area contributed by atoms with E-state index in [1.54, 1.807) is 12.1 Å². The Morgan fingerprint density at radius 3 is 2.50 bits per heavy atom. The minimum absolute atomic E-state index is 0.176. The van der Waals surface area contributed by atoms with Gasteiger partial charge in [0.05, 0.1) is 4.92 Å². The number of benzene rings is 2. The maximum atomic E-state index is 12.1. The lowest BCUT2D eigenvalue weighted by Crippen LogP contribution is -2.22. The normalized spacial score (nSPS) is 10.5. The molecule has 0 unspecified atom stereocenters. The van der Waals surface area contributed by atoms with Crippen LogP contribution in [0.5, 0.6) is 0 Å². The molecule has 0 fully saturated rings. The summed E-state index contributed by atoms with van der Waals surface area (Å²) in [4.78, 5) is 34.7. The van der Waals surface area contributed by atoms with Crippen molar-refractivity contribution in [3.63, 3.8) is 0 Å². The fourth-order valence-electron chi connectivity index (χ4n) is 2.58. The molecule has 7 heteroatoms. The zero-order valence-electron chi connectivity index (χ0n) is 14.8. The second-order valence-corrected chi connectivity index (χ2v) is 6.09. The molecule has 7 nitrogen and oxygen atoms in total. The Labute approximate surface area is 151 Å². The van der Waals surface area contributed by atoms with E-state index in [1.165, 1.54) is 25.1 Å². The Morgan fingerprint density at radius 1 is 1.15 bits per heavy atom. The van der Waals surface area contributed by atoms with E-state index in [9.17, 15) is 19.7 Å². The molecule has 0 aliphatic heterocycles. The lowest BCUT2D eigenvalue weighted by molar-refractivity contribution is -0.385. The van der Waals surface area contributed by atoms with Crippen LogP contribution in [0, 0.1) is 17.0 Å². The van der Waals surface area contributed by atoms with Gasteiger partial charge < -0.3 is 10.1 Å². The van der Waals surface area contributed by atoms with Gasteiger partial charge in [-0.3, -0.25) is 14.9 Å². The third-order valence-corrected chi connectivity index (χ3v) is 3.83. The number of carbonyl (C=O) groups excluding carboxylic acids is 2. The molecule has 2 aromatic rings. The molecular formula is C19H20N2O5. The molecule has 0 saturated heterocycles. The van der Waals surface area contributed by atoms with Crippen LogP contribution in [0.4, 0.5) is 11.4 Å². The molecular weight excluding hydrogens is 336 g/mol. The average molecular weight is 356 g/mol. The molecule has 1 amide bonds. The van der Waals surface area contributed by atoms with Gasteiger partial charge in [0.1, 0.15) is 5.56 Å². The summed E-state index contributed by atoms with van der Waals surface area (Å²) in [5.74, 6) is -1.21. The van der Waals surface area contributed by atoms with Gasteiger partial charge in [0, 0.05) is 11.3 Å². The molecule has 0 heterocycles. The van der Waals surface area contributed by atoms with E-state index in [4.69, 9.17) is 4.74 Å². The first kappa shape index (κ1) is 19.1. The van der Waals surface area contributed by atoms with E-state index in [0.29, 0.717) is 11.3 Å². The number of amides is 1. The molecule has 26 heavy (non-hydrogen) atoms. The minimum Gasteiger partial charge on any atom is -0.452 e. The summed E-state index contributed by atoms with van der Waals surface area (Å²) < 4.78 is 4.95. The Bertz CT molecular complexity index is 846. The maximum absolute atomic E-state index is 12.1. The van der Waals surface area contributed by atoms with Crippen molar-refractivity contribution in [1.82, 2.24) is 0 Å². The molecule has 136 valence electrons. The zero-order valence-corrected chi connectivity index (χ0v) is 14.8. The average Bonchev–Trinajstić information content (AvgIpc) is 2.59. The van der Waals surface area contributed by atoms with Crippen LogP contribution in [0.15, 0.2) is 42.5 Å². The van der Waals surface area contributed by atoms with Crippen molar-refractivity contribution in [2.24, 2.45) is 0 Å². The summed E-state index contributed by atoms with van der Waals surface area (Å²) in [7, 11) is 0. The number of aryl methyl sites for hydroxylation is 1. The third-order valence-electron chi connectivity index (χ3n) is 3.83. The molecule has 2 rings (SSSR count). The van der Waals surface area contributed by atoms with Gasteiger partial charge in [-0.15, -0.1) is 0 Å². The third kappa shape index (κ3) is 4.44. The fraction of sp³-hybridized carbons (Fsp3) is 0.263. The Hall–Kier alpha value is -3.22. The highest BCUT2D eigenvalue weighted by Crippen LogP contribution is 2.25. The summed E-state index contributed by atoms with van der Waals surface area (Å²) in [5.41, 5.74) is 1.46. The van der Waals surface area contributed by atoms with Gasteiger partial charge in [-0.1, -0.05) is 44.2 Å². The zero-order chi connectivity index (χ0) is 19.3. The highest BCUT2D eigenvalue weighted by Gasteiger charge is 2.24. The van der Waals surface area contributed by atoms with Gasteiger partial charge in [-0.25, -0.2) is 4.79 Å². The lowest BCUT2D eigenvalue weighted by atomic mass is 10.0. The van der Waals surface area contributed by atoms with Gasteiger partial charge in [0.25, 0.3) is 11.6 Å². The van der Waals surface area contributed by atoms with Gasteiger partial charge >= 0.3 is 5.97 Å². The second kappa shape index (κ2) is 8.24. The number of nitrogens with one attached hydrogen (secondary N) is 1. The van der Waals surface area contributed by atoms with Gasteiger partial charge in [0.15, 0.2) is 6.61 Å². The Kier molecular flexibility index (Phi) is 6.06. The predicted molar refractivity (Wildman–Crippen MR) is 97.3 cm³/mol. The number of nitro groups is 1. The van der Waals surface area contributed by atoms with Crippen molar-refractivity contribution < 1.29 is 19.2 Å². The number of esters is 1. The number of nitrogens with zero attached hydrogens (tertiary/aromatic N) is 1. The van der Waals surface area contributed by atoms with E-state index in [2.05, 4.69) is 5.32 Å². The molecule has 0 spiro atoms. The van der Waals surface area contributed by atoms with Crippen LogP contribution < -0.4 is 5.32 Å². The van der Waals surface area contributed by atoms with E-state index >= 15 is 0 Å². The summed E-state index contributed by atoms with van der Waals surface area (Å²) in [6.45, 7) is 5.00. The number of carbonyl (C=O) groups is 2. The first-order valence-electron chi connectivity index (χ1n) is 8.11. The molecule has 0 bridgehead atoms. The van der Waals surface area contributed by atoms with Crippen molar-refractivity contribution in [3.8, 4) is 0 Å². The van der Waals surface area contributed by atoms with Crippen molar-refractivity contribution in [1.29, 1.82) is 0 Å². The Morgan fingerprint density at radius 2 is 1.85 bits per heavy atom. The molecule has 0 radical (unpaired) electrons. The van der Waals surface area contributed by atoms with Crippen LogP contribution in [0.2, 0.25) is 0 Å². The highest BCUT2D eigenvalue weighted by atomic mass is 16.6. The van der Waals surface area contributed by atoms with E-state index in [1.807, 2.05) is 26.0 Å². The van der Waals surface area contributed by atoms with Crippen molar-refractivity contribution in [2.45, 2.75) is 26.7 Å². The number of hydrogen-bond acceptors (Lipinski definition) is 5. The summed E-state index contributed by atoms with van der Waals surface area (Å²) in [5, 5.41) is 13.8. The number of ether oxygens (including phenoxy) is 1. The molecule has 0 atom stereocenters. The van der Waals surface area contributed by atoms with Crippen LogP contribution in [0.3, 0.4) is 0 Å². The lowest BCUT2D eigenvalue weighted by Gasteiger charge is -2.13. The highest BCUT2D eigenvalue weighted by molar-refractivity contribution is 5.98.